The molecule has 2 aromatic rings. The van der Waals surface area contributed by atoms with Crippen LogP contribution in [0.25, 0.3) is 0 Å². The van der Waals surface area contributed by atoms with E-state index >= 15 is 0 Å². The summed E-state index contributed by atoms with van der Waals surface area (Å²) in [5.74, 6) is 0.896. The zero-order valence-electron chi connectivity index (χ0n) is 21.4. The first-order chi connectivity index (χ1) is 17.5. The van der Waals surface area contributed by atoms with Gasteiger partial charge in [-0.25, -0.2) is 0 Å². The predicted octanol–water partition coefficient (Wildman–Crippen LogP) is 4.26. The standard InChI is InChI=1S/C30H38N4O2/c1-21(35)33-15-10-25(11-16-33)31-26-7-8-28-24-17-27(18-24)34(30(36)29(28)19-26)13-4-12-32-14-9-22-5-2-3-6-23(22)20-32/h2-3,5-8,19,24-25,27,31H,4,9-18,20H2,1H3. The maximum absolute atomic E-state index is 13.7. The van der Waals surface area contributed by atoms with E-state index in [1.54, 1.807) is 6.92 Å². The third kappa shape index (κ3) is 4.63. The Hall–Kier alpha value is -2.86. The van der Waals surface area contributed by atoms with Gasteiger partial charge in [-0.05, 0) is 73.3 Å². The minimum absolute atomic E-state index is 0.160. The summed E-state index contributed by atoms with van der Waals surface area (Å²) in [5.41, 5.74) is 6.12. The Balaban J connectivity index is 1.08. The van der Waals surface area contributed by atoms with Gasteiger partial charge in [0.1, 0.15) is 0 Å². The van der Waals surface area contributed by atoms with E-state index in [2.05, 4.69) is 57.6 Å². The normalized spacial score (nSPS) is 24.0. The van der Waals surface area contributed by atoms with Crippen LogP contribution in [0.15, 0.2) is 42.5 Å². The van der Waals surface area contributed by atoms with Crippen molar-refractivity contribution in [2.75, 3.05) is 38.0 Å². The summed E-state index contributed by atoms with van der Waals surface area (Å²) in [5, 5.41) is 3.65. The first-order valence-corrected chi connectivity index (χ1v) is 13.8. The number of amides is 2. The molecule has 2 amide bonds. The minimum Gasteiger partial charge on any atom is -0.382 e. The van der Waals surface area contributed by atoms with Gasteiger partial charge in [-0.3, -0.25) is 14.5 Å². The maximum atomic E-state index is 13.7. The third-order valence-corrected chi connectivity index (χ3v) is 8.93. The summed E-state index contributed by atoms with van der Waals surface area (Å²) in [6.07, 6.45) is 6.25. The van der Waals surface area contributed by atoms with Crippen LogP contribution in [0.4, 0.5) is 5.69 Å². The average Bonchev–Trinajstić information content (AvgIpc) is 3.05. The molecule has 0 aromatic heterocycles. The van der Waals surface area contributed by atoms with Gasteiger partial charge in [0.05, 0.1) is 0 Å². The number of benzene rings is 2. The number of rotatable bonds is 6. The fraction of sp³-hybridized carbons (Fsp3) is 0.533. The van der Waals surface area contributed by atoms with Crippen LogP contribution in [-0.4, -0.2) is 71.3 Å². The van der Waals surface area contributed by atoms with Crippen LogP contribution in [0.2, 0.25) is 0 Å². The van der Waals surface area contributed by atoms with E-state index in [9.17, 15) is 9.59 Å². The van der Waals surface area contributed by atoms with Gasteiger partial charge in [-0.15, -0.1) is 0 Å². The molecule has 0 radical (unpaired) electrons. The Morgan fingerprint density at radius 1 is 1.00 bits per heavy atom. The molecule has 0 spiro atoms. The van der Waals surface area contributed by atoms with E-state index in [4.69, 9.17) is 0 Å². The Labute approximate surface area is 214 Å². The summed E-state index contributed by atoms with van der Waals surface area (Å²) in [6, 6.07) is 16.0. The molecule has 5 aliphatic rings. The van der Waals surface area contributed by atoms with Crippen molar-refractivity contribution in [2.24, 2.45) is 0 Å². The van der Waals surface area contributed by atoms with Crippen LogP contribution in [0, 0.1) is 0 Å². The molecule has 1 aliphatic carbocycles. The molecular weight excluding hydrogens is 448 g/mol. The van der Waals surface area contributed by atoms with Crippen molar-refractivity contribution in [3.63, 3.8) is 0 Å². The van der Waals surface area contributed by atoms with Gasteiger partial charge in [-0.1, -0.05) is 30.3 Å². The number of carbonyl (C=O) groups is 2. The molecule has 0 unspecified atom stereocenters. The number of anilines is 1. The topological polar surface area (TPSA) is 55.9 Å². The van der Waals surface area contributed by atoms with Crippen LogP contribution in [0.3, 0.4) is 0 Å². The summed E-state index contributed by atoms with van der Waals surface area (Å²) < 4.78 is 0. The summed E-state index contributed by atoms with van der Waals surface area (Å²) in [6.45, 7) is 7.28. The highest BCUT2D eigenvalue weighted by atomic mass is 16.2. The number of nitrogens with one attached hydrogen (secondary N) is 1. The van der Waals surface area contributed by atoms with Crippen molar-refractivity contribution in [2.45, 2.75) is 70.0 Å². The molecular formula is C30H38N4O2. The van der Waals surface area contributed by atoms with Crippen LogP contribution in [-0.2, 0) is 17.8 Å². The highest BCUT2D eigenvalue weighted by Crippen LogP contribution is 2.45. The van der Waals surface area contributed by atoms with Crippen LogP contribution in [0.1, 0.15) is 72.0 Å². The molecule has 4 aliphatic heterocycles. The highest BCUT2D eigenvalue weighted by molar-refractivity contribution is 5.98. The Kier molecular flexibility index (Phi) is 6.46. The number of piperidine rings is 1. The first-order valence-electron chi connectivity index (χ1n) is 13.8. The number of likely N-dealkylation sites (tertiary alicyclic amines) is 1. The fourth-order valence-electron chi connectivity index (χ4n) is 6.67. The number of hydrogen-bond donors (Lipinski definition) is 1. The second-order valence-corrected chi connectivity index (χ2v) is 11.2. The lowest BCUT2D eigenvalue weighted by Gasteiger charge is -2.40. The fourth-order valence-corrected chi connectivity index (χ4v) is 6.67. The highest BCUT2D eigenvalue weighted by Gasteiger charge is 2.42. The van der Waals surface area contributed by atoms with Crippen molar-refractivity contribution in [1.29, 1.82) is 0 Å². The summed E-state index contributed by atoms with van der Waals surface area (Å²) in [4.78, 5) is 32.0. The lowest BCUT2D eigenvalue weighted by molar-refractivity contribution is -0.129. The molecule has 4 heterocycles. The molecule has 1 saturated heterocycles. The smallest absolute Gasteiger partial charge is 0.254 e. The van der Waals surface area contributed by atoms with Crippen LogP contribution < -0.4 is 5.32 Å². The molecule has 7 rings (SSSR count). The van der Waals surface area contributed by atoms with Crippen molar-refractivity contribution < 1.29 is 9.59 Å². The molecule has 190 valence electrons. The average molecular weight is 487 g/mol. The van der Waals surface area contributed by atoms with Gasteiger partial charge in [0.25, 0.3) is 5.91 Å². The number of nitrogens with zero attached hydrogens (tertiary/aromatic N) is 3. The van der Waals surface area contributed by atoms with Gasteiger partial charge < -0.3 is 15.1 Å². The lowest BCUT2D eigenvalue weighted by atomic mass is 9.75. The molecule has 2 aromatic carbocycles. The Bertz CT molecular complexity index is 1130. The Morgan fingerprint density at radius 2 is 1.78 bits per heavy atom. The molecule has 2 bridgehead atoms. The van der Waals surface area contributed by atoms with Crippen molar-refractivity contribution >= 4 is 17.5 Å². The second kappa shape index (κ2) is 9.89. The van der Waals surface area contributed by atoms with Crippen LogP contribution in [0.5, 0.6) is 0 Å². The summed E-state index contributed by atoms with van der Waals surface area (Å²) in [7, 11) is 0. The molecule has 2 fully saturated rings. The minimum atomic E-state index is 0.160. The van der Waals surface area contributed by atoms with Crippen molar-refractivity contribution in [3.8, 4) is 0 Å². The van der Waals surface area contributed by atoms with Gasteiger partial charge in [-0.2, -0.15) is 0 Å². The number of carbonyl (C=O) groups excluding carboxylic acids is 2. The third-order valence-electron chi connectivity index (χ3n) is 8.93. The molecule has 6 nitrogen and oxygen atoms in total. The van der Waals surface area contributed by atoms with Crippen molar-refractivity contribution in [3.05, 3.63) is 64.7 Å². The molecule has 1 saturated carbocycles. The van der Waals surface area contributed by atoms with E-state index < -0.39 is 0 Å². The van der Waals surface area contributed by atoms with E-state index in [0.717, 1.165) is 89.0 Å². The zero-order chi connectivity index (χ0) is 24.6. The molecule has 36 heavy (non-hydrogen) atoms. The molecule has 1 N–H and O–H groups in total. The molecule has 6 heteroatoms. The van der Waals surface area contributed by atoms with E-state index in [1.807, 2.05) is 4.90 Å². The number of fused-ring (bicyclic) bond motifs is 2. The zero-order valence-corrected chi connectivity index (χ0v) is 21.4. The first kappa shape index (κ1) is 23.5. The van der Waals surface area contributed by atoms with E-state index in [-0.39, 0.29) is 11.8 Å². The summed E-state index contributed by atoms with van der Waals surface area (Å²) >= 11 is 0. The van der Waals surface area contributed by atoms with Gasteiger partial charge >= 0.3 is 0 Å². The van der Waals surface area contributed by atoms with Crippen molar-refractivity contribution in [1.82, 2.24) is 14.7 Å². The Morgan fingerprint density at radius 3 is 2.56 bits per heavy atom. The monoisotopic (exact) mass is 486 g/mol. The quantitative estimate of drug-likeness (QED) is 0.663. The van der Waals surface area contributed by atoms with Gasteiger partial charge in [0.2, 0.25) is 5.91 Å². The van der Waals surface area contributed by atoms with E-state index in [1.165, 1.54) is 16.7 Å². The second-order valence-electron chi connectivity index (χ2n) is 11.2. The largest absolute Gasteiger partial charge is 0.382 e. The van der Waals surface area contributed by atoms with Crippen LogP contribution >= 0.6 is 0 Å². The maximum Gasteiger partial charge on any atom is 0.254 e. The van der Waals surface area contributed by atoms with E-state index in [0.29, 0.717) is 18.0 Å². The number of hydrogen-bond acceptors (Lipinski definition) is 4. The predicted molar refractivity (Wildman–Crippen MR) is 142 cm³/mol. The van der Waals surface area contributed by atoms with Gasteiger partial charge in [0.15, 0.2) is 0 Å². The SMILES string of the molecule is CC(=O)N1CCC(Nc2ccc3c(c2)C(=O)N(CCCN2CCc4ccccc4C2)C2CC3C2)CC1. The van der Waals surface area contributed by atoms with Gasteiger partial charge in [0, 0.05) is 69.5 Å². The lowest BCUT2D eigenvalue weighted by Crippen LogP contribution is -2.45. The molecule has 0 atom stereocenters.